The summed E-state index contributed by atoms with van der Waals surface area (Å²) < 4.78 is 5.07. The maximum absolute atomic E-state index is 12.3. The smallest absolute Gasteiger partial charge is 0.251 e. The van der Waals surface area contributed by atoms with Crippen LogP contribution in [0.4, 0.5) is 0 Å². The minimum Gasteiger partial charge on any atom is -0.472 e. The van der Waals surface area contributed by atoms with Gasteiger partial charge in [-0.2, -0.15) is 0 Å². The molecule has 1 heterocycles. The van der Waals surface area contributed by atoms with E-state index < -0.39 is 0 Å². The third kappa shape index (κ3) is 4.46. The van der Waals surface area contributed by atoms with Crippen molar-refractivity contribution in [3.8, 4) is 11.1 Å². The van der Waals surface area contributed by atoms with Crippen molar-refractivity contribution < 1.29 is 14.3 Å². The van der Waals surface area contributed by atoms with Crippen molar-refractivity contribution >= 4 is 5.91 Å². The van der Waals surface area contributed by atoms with Gasteiger partial charge in [0.1, 0.15) is 0 Å². The third-order valence-electron chi connectivity index (χ3n) is 3.55. The Hall–Kier alpha value is -2.07. The normalized spacial score (nSPS) is 12.9. The lowest BCUT2D eigenvalue weighted by Crippen LogP contribution is -2.35. The van der Waals surface area contributed by atoms with Gasteiger partial charge < -0.3 is 14.8 Å². The van der Waals surface area contributed by atoms with Gasteiger partial charge in [-0.15, -0.1) is 0 Å². The average molecular weight is 301 g/mol. The molecule has 0 saturated carbocycles. The number of hydrogen-bond donors (Lipinski definition) is 2. The highest BCUT2D eigenvalue weighted by Crippen LogP contribution is 2.22. The first-order chi connectivity index (χ1) is 10.4. The number of benzene rings is 1. The van der Waals surface area contributed by atoms with Gasteiger partial charge in [0.15, 0.2) is 0 Å². The molecule has 0 aliphatic carbocycles. The van der Waals surface area contributed by atoms with Crippen LogP contribution in [0.1, 0.15) is 37.6 Å². The van der Waals surface area contributed by atoms with Crippen LogP contribution in [0.15, 0.2) is 47.3 Å². The van der Waals surface area contributed by atoms with Crippen LogP contribution >= 0.6 is 0 Å². The zero-order valence-corrected chi connectivity index (χ0v) is 13.3. The summed E-state index contributed by atoms with van der Waals surface area (Å²) in [5.74, 6) is -0.107. The van der Waals surface area contributed by atoms with Gasteiger partial charge in [-0.1, -0.05) is 26.0 Å². The van der Waals surface area contributed by atoms with E-state index in [4.69, 9.17) is 4.42 Å². The van der Waals surface area contributed by atoms with Gasteiger partial charge in [-0.3, -0.25) is 4.79 Å². The molecule has 0 spiro atoms. The molecule has 118 valence electrons. The molecular weight excluding hydrogens is 278 g/mol. The number of nitrogens with one attached hydrogen (secondary N) is 1. The van der Waals surface area contributed by atoms with Gasteiger partial charge in [-0.25, -0.2) is 0 Å². The van der Waals surface area contributed by atoms with Crippen molar-refractivity contribution in [3.05, 3.63) is 48.4 Å². The molecule has 1 amide bonds. The van der Waals surface area contributed by atoms with Crippen LogP contribution in [0.2, 0.25) is 0 Å². The molecule has 0 saturated heterocycles. The van der Waals surface area contributed by atoms with Gasteiger partial charge in [0, 0.05) is 17.7 Å². The fourth-order valence-corrected chi connectivity index (χ4v) is 2.56. The lowest BCUT2D eigenvalue weighted by Gasteiger charge is -2.26. The summed E-state index contributed by atoms with van der Waals surface area (Å²) in [7, 11) is 0. The Morgan fingerprint density at radius 1 is 1.32 bits per heavy atom. The van der Waals surface area contributed by atoms with Crippen molar-refractivity contribution in [1.29, 1.82) is 0 Å². The van der Waals surface area contributed by atoms with Crippen molar-refractivity contribution in [2.45, 2.75) is 33.3 Å². The topological polar surface area (TPSA) is 62.5 Å². The summed E-state index contributed by atoms with van der Waals surface area (Å²) in [5, 5.41) is 12.4. The summed E-state index contributed by atoms with van der Waals surface area (Å²) in [6.45, 7) is 6.34. The van der Waals surface area contributed by atoms with Crippen LogP contribution in [0, 0.1) is 5.41 Å². The number of furan rings is 1. The van der Waals surface area contributed by atoms with E-state index in [9.17, 15) is 9.90 Å². The Morgan fingerprint density at radius 3 is 2.73 bits per heavy atom. The molecule has 2 aromatic rings. The number of aliphatic hydroxyl groups is 1. The van der Waals surface area contributed by atoms with Crippen LogP contribution in [0.5, 0.6) is 0 Å². The number of carbonyl (C=O) groups is 1. The average Bonchev–Trinajstić information content (AvgIpc) is 2.98. The predicted molar refractivity (Wildman–Crippen MR) is 86.6 cm³/mol. The maximum atomic E-state index is 12.3. The van der Waals surface area contributed by atoms with Gasteiger partial charge in [0.05, 0.1) is 18.6 Å². The van der Waals surface area contributed by atoms with Crippen LogP contribution in [-0.2, 0) is 0 Å². The van der Waals surface area contributed by atoms with Crippen molar-refractivity contribution in [2.24, 2.45) is 5.41 Å². The van der Waals surface area contributed by atoms with Gasteiger partial charge in [-0.05, 0) is 42.5 Å². The van der Waals surface area contributed by atoms with E-state index in [0.29, 0.717) is 18.5 Å². The zero-order chi connectivity index (χ0) is 16.2. The molecule has 0 radical (unpaired) electrons. The van der Waals surface area contributed by atoms with Crippen LogP contribution in [0.3, 0.4) is 0 Å². The maximum Gasteiger partial charge on any atom is 0.251 e. The largest absolute Gasteiger partial charge is 0.472 e. The van der Waals surface area contributed by atoms with Gasteiger partial charge in [0.25, 0.3) is 5.91 Å². The first kappa shape index (κ1) is 16.3. The molecule has 0 bridgehead atoms. The molecule has 0 aliphatic rings. The predicted octanol–water partition coefficient (Wildman–Crippen LogP) is 3.47. The van der Waals surface area contributed by atoms with Crippen molar-refractivity contribution in [2.75, 3.05) is 6.54 Å². The lowest BCUT2D eigenvalue weighted by molar-refractivity contribution is 0.0902. The quantitative estimate of drug-likeness (QED) is 0.858. The molecule has 0 fully saturated rings. The van der Waals surface area contributed by atoms with Crippen molar-refractivity contribution in [1.82, 2.24) is 5.32 Å². The Balaban J connectivity index is 2.03. The van der Waals surface area contributed by atoms with E-state index in [1.165, 1.54) is 0 Å². The van der Waals surface area contributed by atoms with Crippen molar-refractivity contribution in [3.63, 3.8) is 0 Å². The Bertz CT molecular complexity index is 615. The highest BCUT2D eigenvalue weighted by molar-refractivity contribution is 5.95. The van der Waals surface area contributed by atoms with Crippen LogP contribution < -0.4 is 5.32 Å². The molecule has 2 N–H and O–H groups in total. The molecule has 1 aromatic heterocycles. The SMILES string of the molecule is CC(O)CC(C)(C)CNC(=O)c1cccc(-c2ccoc2)c1. The fourth-order valence-electron chi connectivity index (χ4n) is 2.56. The molecule has 2 rings (SSSR count). The molecular formula is C18H23NO3. The first-order valence-corrected chi connectivity index (χ1v) is 7.46. The van der Waals surface area contributed by atoms with Crippen LogP contribution in [-0.4, -0.2) is 23.7 Å². The molecule has 22 heavy (non-hydrogen) atoms. The first-order valence-electron chi connectivity index (χ1n) is 7.46. The Labute approximate surface area is 131 Å². The minimum atomic E-state index is -0.378. The third-order valence-corrected chi connectivity index (χ3v) is 3.55. The second-order valence-corrected chi connectivity index (χ2v) is 6.49. The minimum absolute atomic E-state index is 0.107. The zero-order valence-electron chi connectivity index (χ0n) is 13.3. The highest BCUT2D eigenvalue weighted by Gasteiger charge is 2.21. The monoisotopic (exact) mass is 301 g/mol. The van der Waals surface area contributed by atoms with E-state index in [0.717, 1.165) is 11.1 Å². The Kier molecular flexibility index (Phi) is 5.03. The molecule has 4 nitrogen and oxygen atoms in total. The van der Waals surface area contributed by atoms with E-state index in [-0.39, 0.29) is 17.4 Å². The van der Waals surface area contributed by atoms with E-state index >= 15 is 0 Å². The standard InChI is InChI=1S/C18H23NO3/c1-13(20)10-18(2,3)12-19-17(21)15-6-4-5-14(9-15)16-7-8-22-11-16/h4-9,11,13,20H,10,12H2,1-3H3,(H,19,21). The molecule has 1 aromatic carbocycles. The summed E-state index contributed by atoms with van der Waals surface area (Å²) >= 11 is 0. The Morgan fingerprint density at radius 2 is 2.09 bits per heavy atom. The number of hydrogen-bond acceptors (Lipinski definition) is 3. The second-order valence-electron chi connectivity index (χ2n) is 6.49. The van der Waals surface area contributed by atoms with Gasteiger partial charge >= 0.3 is 0 Å². The van der Waals surface area contributed by atoms with Gasteiger partial charge in [0.2, 0.25) is 0 Å². The summed E-state index contributed by atoms with van der Waals surface area (Å²) in [4.78, 5) is 12.3. The van der Waals surface area contributed by atoms with E-state index in [1.54, 1.807) is 25.5 Å². The summed E-state index contributed by atoms with van der Waals surface area (Å²) in [5.41, 5.74) is 2.37. The summed E-state index contributed by atoms with van der Waals surface area (Å²) in [6.07, 6.45) is 3.53. The number of carbonyl (C=O) groups excluding carboxylic acids is 1. The highest BCUT2D eigenvalue weighted by atomic mass is 16.3. The molecule has 1 unspecified atom stereocenters. The molecule has 1 atom stereocenters. The second kappa shape index (κ2) is 6.79. The summed E-state index contributed by atoms with van der Waals surface area (Å²) in [6, 6.07) is 9.31. The fraction of sp³-hybridized carbons (Fsp3) is 0.389. The lowest BCUT2D eigenvalue weighted by atomic mass is 9.87. The van der Waals surface area contributed by atoms with E-state index in [1.807, 2.05) is 38.1 Å². The molecule has 0 aliphatic heterocycles. The molecule has 4 heteroatoms. The van der Waals surface area contributed by atoms with E-state index in [2.05, 4.69) is 5.32 Å². The number of aliphatic hydroxyl groups excluding tert-OH is 1. The van der Waals surface area contributed by atoms with Crippen LogP contribution in [0.25, 0.3) is 11.1 Å². The number of rotatable bonds is 6. The number of amides is 1.